The molecule has 0 amide bonds. The zero-order chi connectivity index (χ0) is 13.8. The Labute approximate surface area is 115 Å². The van der Waals surface area contributed by atoms with Crippen molar-refractivity contribution in [2.24, 2.45) is 0 Å². The van der Waals surface area contributed by atoms with Gasteiger partial charge in [-0.25, -0.2) is 0 Å². The molecule has 0 fully saturated rings. The molecular formula is C14H13NO3S. The van der Waals surface area contributed by atoms with Gasteiger partial charge in [0, 0.05) is 11.0 Å². The fourth-order valence-corrected chi connectivity index (χ4v) is 2.87. The molecule has 0 saturated heterocycles. The van der Waals surface area contributed by atoms with Gasteiger partial charge >= 0.3 is 0 Å². The molecular weight excluding hydrogens is 262 g/mol. The van der Waals surface area contributed by atoms with Crippen LogP contribution in [0.4, 0.5) is 5.69 Å². The molecule has 0 aliphatic carbocycles. The highest BCUT2D eigenvalue weighted by Crippen LogP contribution is 2.37. The minimum Gasteiger partial charge on any atom is -0.389 e. The van der Waals surface area contributed by atoms with Gasteiger partial charge in [0.1, 0.15) is 0 Å². The van der Waals surface area contributed by atoms with Crippen molar-refractivity contribution in [2.45, 2.75) is 22.8 Å². The maximum Gasteiger partial charge on any atom is 0.283 e. The summed E-state index contributed by atoms with van der Waals surface area (Å²) in [4.78, 5) is 12.0. The number of aliphatic hydroxyl groups excluding tert-OH is 1. The smallest absolute Gasteiger partial charge is 0.283 e. The van der Waals surface area contributed by atoms with Crippen LogP contribution in [0.3, 0.4) is 0 Å². The van der Waals surface area contributed by atoms with Gasteiger partial charge in [-0.3, -0.25) is 10.1 Å². The third kappa shape index (κ3) is 3.13. The molecule has 19 heavy (non-hydrogen) atoms. The summed E-state index contributed by atoms with van der Waals surface area (Å²) >= 11 is 1.30. The van der Waals surface area contributed by atoms with Gasteiger partial charge < -0.3 is 5.11 Å². The van der Waals surface area contributed by atoms with Crippen molar-refractivity contribution < 1.29 is 10.0 Å². The van der Waals surface area contributed by atoms with Crippen molar-refractivity contribution in [1.29, 1.82) is 0 Å². The molecule has 5 heteroatoms. The first-order valence-corrected chi connectivity index (χ1v) is 6.59. The van der Waals surface area contributed by atoms with Gasteiger partial charge in [0.2, 0.25) is 0 Å². The Hall–Kier alpha value is -1.85. The van der Waals surface area contributed by atoms with Crippen LogP contribution in [-0.4, -0.2) is 10.0 Å². The number of nitro benzene ring substituents is 1. The molecule has 0 heterocycles. The molecule has 0 bridgehead atoms. The van der Waals surface area contributed by atoms with Crippen molar-refractivity contribution >= 4 is 17.4 Å². The van der Waals surface area contributed by atoms with Gasteiger partial charge in [-0.2, -0.15) is 0 Å². The summed E-state index contributed by atoms with van der Waals surface area (Å²) in [5, 5.41) is 20.7. The molecule has 0 aromatic heterocycles. The van der Waals surface area contributed by atoms with E-state index < -0.39 is 11.0 Å². The minimum absolute atomic E-state index is 0.0768. The molecule has 98 valence electrons. The number of nitro groups is 1. The number of hydrogen-bond acceptors (Lipinski definition) is 4. The van der Waals surface area contributed by atoms with E-state index in [0.717, 1.165) is 10.5 Å². The lowest BCUT2D eigenvalue weighted by Crippen LogP contribution is -1.94. The molecule has 0 spiro atoms. The Balaban J connectivity index is 2.39. The Morgan fingerprint density at radius 2 is 1.68 bits per heavy atom. The van der Waals surface area contributed by atoms with Crippen LogP contribution in [0.5, 0.6) is 0 Å². The molecule has 1 atom stereocenters. The summed E-state index contributed by atoms with van der Waals surface area (Å²) in [6.45, 7) is 1.68. The topological polar surface area (TPSA) is 63.4 Å². The molecule has 2 aromatic rings. The highest BCUT2D eigenvalue weighted by molar-refractivity contribution is 7.99. The Kier molecular flexibility index (Phi) is 4.19. The number of aliphatic hydroxyl groups is 1. The van der Waals surface area contributed by atoms with E-state index in [1.807, 2.05) is 24.3 Å². The summed E-state index contributed by atoms with van der Waals surface area (Å²) in [7, 11) is 0. The lowest BCUT2D eigenvalue weighted by atomic mass is 10.1. The molecule has 0 aliphatic rings. The summed E-state index contributed by atoms with van der Waals surface area (Å²) in [5.41, 5.74) is 0.846. The Morgan fingerprint density at radius 3 is 2.32 bits per heavy atom. The van der Waals surface area contributed by atoms with E-state index in [-0.39, 0.29) is 5.69 Å². The highest BCUT2D eigenvalue weighted by atomic mass is 32.2. The van der Waals surface area contributed by atoms with Crippen molar-refractivity contribution in [2.75, 3.05) is 0 Å². The number of nitrogens with zero attached hydrogens (tertiary/aromatic N) is 1. The van der Waals surface area contributed by atoms with Crippen molar-refractivity contribution in [1.82, 2.24) is 0 Å². The average Bonchev–Trinajstić information content (AvgIpc) is 2.39. The number of rotatable bonds is 4. The van der Waals surface area contributed by atoms with Crippen LogP contribution in [-0.2, 0) is 0 Å². The monoisotopic (exact) mass is 275 g/mol. The second kappa shape index (κ2) is 5.86. The molecule has 1 N–H and O–H groups in total. The van der Waals surface area contributed by atoms with Crippen LogP contribution in [0.15, 0.2) is 58.3 Å². The standard InChI is InChI=1S/C14H13NO3S/c1-10(16)11-6-2-4-8-13(11)19-14-9-5-3-7-12(14)15(17)18/h2-10,16H,1H3/t10-/m1/s1. The molecule has 0 radical (unpaired) electrons. The predicted molar refractivity (Wildman–Crippen MR) is 74.3 cm³/mol. The SMILES string of the molecule is C[C@@H](O)c1ccccc1Sc1ccccc1[N+](=O)[O-]. The van der Waals surface area contributed by atoms with Crippen molar-refractivity contribution in [3.8, 4) is 0 Å². The summed E-state index contributed by atoms with van der Waals surface area (Å²) < 4.78 is 0. The van der Waals surface area contributed by atoms with E-state index in [4.69, 9.17) is 0 Å². The Morgan fingerprint density at radius 1 is 1.11 bits per heavy atom. The molecule has 0 aliphatic heterocycles. The second-order valence-corrected chi connectivity index (χ2v) is 5.12. The predicted octanol–water partition coefficient (Wildman–Crippen LogP) is 3.80. The first-order chi connectivity index (χ1) is 9.09. The molecule has 2 aromatic carbocycles. The maximum atomic E-state index is 11.0. The first kappa shape index (κ1) is 13.6. The quantitative estimate of drug-likeness (QED) is 0.681. The zero-order valence-electron chi connectivity index (χ0n) is 10.3. The van der Waals surface area contributed by atoms with Gasteiger partial charge in [-0.05, 0) is 24.6 Å². The number of hydrogen-bond donors (Lipinski definition) is 1. The van der Waals surface area contributed by atoms with Crippen LogP contribution in [0.2, 0.25) is 0 Å². The lowest BCUT2D eigenvalue weighted by molar-refractivity contribution is -0.387. The van der Waals surface area contributed by atoms with Crippen molar-refractivity contribution in [3.05, 3.63) is 64.2 Å². The molecule has 0 unspecified atom stereocenters. The van der Waals surface area contributed by atoms with Crippen LogP contribution >= 0.6 is 11.8 Å². The van der Waals surface area contributed by atoms with Crippen LogP contribution < -0.4 is 0 Å². The average molecular weight is 275 g/mol. The Bertz CT molecular complexity index is 599. The van der Waals surface area contributed by atoms with E-state index in [9.17, 15) is 15.2 Å². The molecule has 4 nitrogen and oxygen atoms in total. The fraction of sp³-hybridized carbons (Fsp3) is 0.143. The van der Waals surface area contributed by atoms with Crippen molar-refractivity contribution in [3.63, 3.8) is 0 Å². The summed E-state index contributed by atoms with van der Waals surface area (Å²) in [6.07, 6.45) is -0.605. The van der Waals surface area contributed by atoms with Gasteiger partial charge in [-0.15, -0.1) is 0 Å². The minimum atomic E-state index is -0.605. The van der Waals surface area contributed by atoms with Gasteiger partial charge in [0.15, 0.2) is 0 Å². The third-order valence-corrected chi connectivity index (χ3v) is 3.81. The van der Waals surface area contributed by atoms with Gasteiger partial charge in [0.05, 0.1) is 15.9 Å². The second-order valence-electron chi connectivity index (χ2n) is 4.04. The van der Waals surface area contributed by atoms with Crippen LogP contribution in [0.25, 0.3) is 0 Å². The summed E-state index contributed by atoms with van der Waals surface area (Å²) in [6, 6.07) is 14.0. The largest absolute Gasteiger partial charge is 0.389 e. The third-order valence-electron chi connectivity index (χ3n) is 2.65. The van der Waals surface area contributed by atoms with E-state index in [0.29, 0.717) is 4.90 Å². The lowest BCUT2D eigenvalue weighted by Gasteiger charge is -2.11. The van der Waals surface area contributed by atoms with E-state index in [2.05, 4.69) is 0 Å². The normalized spacial score (nSPS) is 12.1. The molecule has 2 rings (SSSR count). The van der Waals surface area contributed by atoms with E-state index in [1.165, 1.54) is 17.8 Å². The first-order valence-electron chi connectivity index (χ1n) is 5.78. The summed E-state index contributed by atoms with van der Waals surface area (Å²) in [5.74, 6) is 0. The maximum absolute atomic E-state index is 11.0. The van der Waals surface area contributed by atoms with E-state index in [1.54, 1.807) is 25.1 Å². The number of benzene rings is 2. The van der Waals surface area contributed by atoms with Crippen LogP contribution in [0, 0.1) is 10.1 Å². The van der Waals surface area contributed by atoms with Crippen LogP contribution in [0.1, 0.15) is 18.6 Å². The van der Waals surface area contributed by atoms with Gasteiger partial charge in [-0.1, -0.05) is 42.1 Å². The highest BCUT2D eigenvalue weighted by Gasteiger charge is 2.16. The zero-order valence-corrected chi connectivity index (χ0v) is 11.1. The van der Waals surface area contributed by atoms with E-state index >= 15 is 0 Å². The van der Waals surface area contributed by atoms with Gasteiger partial charge in [0.25, 0.3) is 5.69 Å². The molecule has 0 saturated carbocycles. The fourth-order valence-electron chi connectivity index (χ4n) is 1.73. The number of para-hydroxylation sites is 1.